The van der Waals surface area contributed by atoms with Crippen molar-refractivity contribution in [2.75, 3.05) is 39.5 Å². The maximum absolute atomic E-state index is 11.7. The van der Waals surface area contributed by atoms with Gasteiger partial charge >= 0.3 is 0 Å². The molecule has 0 fully saturated rings. The van der Waals surface area contributed by atoms with Crippen molar-refractivity contribution < 1.29 is 4.79 Å². The summed E-state index contributed by atoms with van der Waals surface area (Å²) >= 11 is 0. The Kier molecular flexibility index (Phi) is 7.08. The summed E-state index contributed by atoms with van der Waals surface area (Å²) < 4.78 is 0. The van der Waals surface area contributed by atoms with Crippen LogP contribution in [0, 0.1) is 0 Å². The minimum absolute atomic E-state index is 0.134. The molecule has 1 amide bonds. The highest BCUT2D eigenvalue weighted by Crippen LogP contribution is 2.04. The topological polar surface area (TPSA) is 61.4 Å². The second-order valence-corrected chi connectivity index (χ2v) is 5.71. The average Bonchev–Trinajstić information content (AvgIpc) is 2.46. The predicted octanol–water partition coefficient (Wildman–Crippen LogP) is 1.71. The third-order valence-electron chi connectivity index (χ3n) is 3.42. The number of rotatable bonds is 8. The summed E-state index contributed by atoms with van der Waals surface area (Å²) in [5.74, 6) is 0.577. The Morgan fingerprint density at radius 2 is 1.90 bits per heavy atom. The first-order valence-electron chi connectivity index (χ1n) is 7.41. The fourth-order valence-corrected chi connectivity index (χ4v) is 1.73. The van der Waals surface area contributed by atoms with Crippen LogP contribution in [0.25, 0.3) is 0 Å². The molecule has 0 saturated heterocycles. The summed E-state index contributed by atoms with van der Waals surface area (Å²) in [6, 6.07) is 4.08. The van der Waals surface area contributed by atoms with Gasteiger partial charge in [-0.25, -0.2) is 0 Å². The van der Waals surface area contributed by atoms with Gasteiger partial charge in [0.2, 0.25) is 0 Å². The number of aromatic nitrogens is 2. The lowest BCUT2D eigenvalue weighted by Gasteiger charge is -2.20. The van der Waals surface area contributed by atoms with Gasteiger partial charge in [0.15, 0.2) is 5.69 Å². The minimum Gasteiger partial charge on any atom is -0.369 e. The van der Waals surface area contributed by atoms with E-state index in [0.29, 0.717) is 17.6 Å². The van der Waals surface area contributed by atoms with Gasteiger partial charge in [-0.3, -0.25) is 4.79 Å². The third-order valence-corrected chi connectivity index (χ3v) is 3.42. The van der Waals surface area contributed by atoms with Crippen molar-refractivity contribution in [3.63, 3.8) is 0 Å². The Balaban J connectivity index is 2.29. The molecule has 0 saturated carbocycles. The third kappa shape index (κ3) is 6.08. The molecule has 0 unspecified atom stereocenters. The van der Waals surface area contributed by atoms with E-state index in [1.807, 2.05) is 0 Å². The first kappa shape index (κ1) is 17.4. The fraction of sp³-hybridized carbons (Fsp3) is 0.667. The zero-order chi connectivity index (χ0) is 15.8. The lowest BCUT2D eigenvalue weighted by Crippen LogP contribution is -2.27. The van der Waals surface area contributed by atoms with Crippen molar-refractivity contribution in [2.24, 2.45) is 0 Å². The lowest BCUT2D eigenvalue weighted by atomic mass is 10.2. The highest BCUT2D eigenvalue weighted by atomic mass is 16.2. The Hall–Kier alpha value is -1.69. The first-order chi connectivity index (χ1) is 9.91. The molecule has 118 valence electrons. The van der Waals surface area contributed by atoms with Crippen LogP contribution in [0.3, 0.4) is 0 Å². The molecule has 0 spiro atoms. The zero-order valence-corrected chi connectivity index (χ0v) is 13.8. The van der Waals surface area contributed by atoms with Crippen molar-refractivity contribution in [3.8, 4) is 0 Å². The normalized spacial score (nSPS) is 11.0. The Labute approximate surface area is 127 Å². The van der Waals surface area contributed by atoms with E-state index in [2.05, 4.69) is 41.3 Å². The van der Waals surface area contributed by atoms with Crippen molar-refractivity contribution in [3.05, 3.63) is 17.8 Å². The molecule has 21 heavy (non-hydrogen) atoms. The van der Waals surface area contributed by atoms with Gasteiger partial charge in [-0.1, -0.05) is 0 Å². The molecule has 1 aromatic rings. The van der Waals surface area contributed by atoms with Crippen molar-refractivity contribution in [1.82, 2.24) is 20.0 Å². The van der Waals surface area contributed by atoms with E-state index in [1.165, 1.54) is 4.90 Å². The van der Waals surface area contributed by atoms with Gasteiger partial charge in [-0.2, -0.15) is 0 Å². The van der Waals surface area contributed by atoms with Crippen molar-refractivity contribution in [1.29, 1.82) is 0 Å². The fourth-order valence-electron chi connectivity index (χ4n) is 1.73. The number of carbonyl (C=O) groups excluding carboxylic acids is 1. The smallest absolute Gasteiger partial charge is 0.273 e. The number of anilines is 1. The van der Waals surface area contributed by atoms with Crippen LogP contribution in [0.4, 0.5) is 5.82 Å². The van der Waals surface area contributed by atoms with Gasteiger partial charge < -0.3 is 15.1 Å². The first-order valence-corrected chi connectivity index (χ1v) is 7.41. The van der Waals surface area contributed by atoms with E-state index in [0.717, 1.165) is 25.9 Å². The molecule has 0 bridgehead atoms. The summed E-state index contributed by atoms with van der Waals surface area (Å²) in [6.45, 7) is 6.36. The van der Waals surface area contributed by atoms with Crippen LogP contribution in [-0.4, -0.2) is 66.2 Å². The van der Waals surface area contributed by atoms with E-state index >= 15 is 0 Å². The molecule has 0 aliphatic heterocycles. The highest BCUT2D eigenvalue weighted by Gasteiger charge is 2.09. The minimum atomic E-state index is -0.134. The van der Waals surface area contributed by atoms with E-state index < -0.39 is 0 Å². The van der Waals surface area contributed by atoms with E-state index in [-0.39, 0.29) is 5.91 Å². The summed E-state index contributed by atoms with van der Waals surface area (Å²) in [5.41, 5.74) is 0.365. The molecule has 0 aliphatic carbocycles. The highest BCUT2D eigenvalue weighted by molar-refractivity contribution is 5.91. The molecule has 1 aromatic heterocycles. The standard InChI is InChI=1S/C15H27N5O/c1-12(2)20(5)11-7-6-10-16-14-9-8-13(17-18-14)15(21)19(3)4/h8-9,12H,6-7,10-11H2,1-5H3,(H,16,18). The molecule has 0 atom stereocenters. The number of nitrogens with zero attached hydrogens (tertiary/aromatic N) is 4. The second-order valence-electron chi connectivity index (χ2n) is 5.71. The lowest BCUT2D eigenvalue weighted by molar-refractivity contribution is 0.0821. The number of amides is 1. The molecule has 1 heterocycles. The average molecular weight is 293 g/mol. The molecule has 0 aliphatic rings. The maximum Gasteiger partial charge on any atom is 0.273 e. The Morgan fingerprint density at radius 1 is 1.19 bits per heavy atom. The van der Waals surface area contributed by atoms with Gasteiger partial charge in [0.25, 0.3) is 5.91 Å². The van der Waals surface area contributed by atoms with Crippen molar-refractivity contribution in [2.45, 2.75) is 32.7 Å². The quantitative estimate of drug-likeness (QED) is 0.739. The van der Waals surface area contributed by atoms with Gasteiger partial charge in [0.1, 0.15) is 5.82 Å². The molecule has 1 rings (SSSR count). The summed E-state index contributed by atoms with van der Waals surface area (Å²) in [6.07, 6.45) is 2.23. The van der Waals surface area contributed by atoms with E-state index in [9.17, 15) is 4.79 Å². The van der Waals surface area contributed by atoms with E-state index in [4.69, 9.17) is 0 Å². The summed E-state index contributed by atoms with van der Waals surface area (Å²) in [5, 5.41) is 11.2. The van der Waals surface area contributed by atoms with Crippen LogP contribution in [0.2, 0.25) is 0 Å². The Bertz CT molecular complexity index is 430. The largest absolute Gasteiger partial charge is 0.369 e. The zero-order valence-electron chi connectivity index (χ0n) is 13.8. The van der Waals surface area contributed by atoms with Gasteiger partial charge in [-0.15, -0.1) is 10.2 Å². The maximum atomic E-state index is 11.7. The van der Waals surface area contributed by atoms with Crippen LogP contribution in [0.15, 0.2) is 12.1 Å². The number of nitrogens with one attached hydrogen (secondary N) is 1. The molecule has 1 N–H and O–H groups in total. The molecule has 6 nitrogen and oxygen atoms in total. The number of hydrogen-bond acceptors (Lipinski definition) is 5. The predicted molar refractivity (Wildman–Crippen MR) is 85.5 cm³/mol. The van der Waals surface area contributed by atoms with Crippen LogP contribution in [0.1, 0.15) is 37.2 Å². The Morgan fingerprint density at radius 3 is 2.43 bits per heavy atom. The van der Waals surface area contributed by atoms with E-state index in [1.54, 1.807) is 26.2 Å². The second kappa shape index (κ2) is 8.56. The van der Waals surface area contributed by atoms with Crippen LogP contribution >= 0.6 is 0 Å². The number of unbranched alkanes of at least 4 members (excludes halogenated alkanes) is 1. The molecular weight excluding hydrogens is 266 g/mol. The van der Waals surface area contributed by atoms with Gasteiger partial charge in [0, 0.05) is 26.7 Å². The van der Waals surface area contributed by atoms with Crippen molar-refractivity contribution >= 4 is 11.7 Å². The summed E-state index contributed by atoms with van der Waals surface area (Å²) in [4.78, 5) is 15.5. The van der Waals surface area contributed by atoms with Gasteiger partial charge in [-0.05, 0) is 52.4 Å². The molecular formula is C15H27N5O. The molecule has 6 heteroatoms. The number of hydrogen-bond donors (Lipinski definition) is 1. The van der Waals surface area contributed by atoms with Crippen LogP contribution < -0.4 is 5.32 Å². The SMILES string of the molecule is CC(C)N(C)CCCCNc1ccc(C(=O)N(C)C)nn1. The molecule has 0 radical (unpaired) electrons. The number of carbonyl (C=O) groups is 1. The summed E-state index contributed by atoms with van der Waals surface area (Å²) in [7, 11) is 5.54. The van der Waals surface area contributed by atoms with Gasteiger partial charge in [0.05, 0.1) is 0 Å². The van der Waals surface area contributed by atoms with Crippen LogP contribution in [0.5, 0.6) is 0 Å². The van der Waals surface area contributed by atoms with Crippen LogP contribution in [-0.2, 0) is 0 Å². The monoisotopic (exact) mass is 293 g/mol. The molecule has 0 aromatic carbocycles.